The third-order valence-corrected chi connectivity index (χ3v) is 2.83. The standard InChI is InChI=1S/C12H17Cl2N/c1-8(15-12(2,3)4)9-5-6-10(13)11(14)7-9/h5-8,15H,1-4H3/t8-/m0/s1. The fraction of sp³-hybridized carbons (Fsp3) is 0.500. The Labute approximate surface area is 102 Å². The summed E-state index contributed by atoms with van der Waals surface area (Å²) < 4.78 is 0. The monoisotopic (exact) mass is 245 g/mol. The molecule has 1 N–H and O–H groups in total. The molecule has 0 bridgehead atoms. The van der Waals surface area contributed by atoms with Crippen molar-refractivity contribution in [1.29, 1.82) is 0 Å². The number of rotatable bonds is 2. The summed E-state index contributed by atoms with van der Waals surface area (Å²) in [5.41, 5.74) is 1.24. The highest BCUT2D eigenvalue weighted by molar-refractivity contribution is 6.42. The van der Waals surface area contributed by atoms with E-state index in [0.29, 0.717) is 10.0 Å². The summed E-state index contributed by atoms with van der Waals surface area (Å²) in [6.07, 6.45) is 0. The van der Waals surface area contributed by atoms with E-state index in [2.05, 4.69) is 33.0 Å². The van der Waals surface area contributed by atoms with Crippen LogP contribution in [0.15, 0.2) is 18.2 Å². The topological polar surface area (TPSA) is 12.0 Å². The van der Waals surface area contributed by atoms with Crippen molar-refractivity contribution in [2.75, 3.05) is 0 Å². The van der Waals surface area contributed by atoms with E-state index >= 15 is 0 Å². The van der Waals surface area contributed by atoms with Crippen LogP contribution in [0.5, 0.6) is 0 Å². The number of nitrogens with one attached hydrogen (secondary N) is 1. The van der Waals surface area contributed by atoms with Gasteiger partial charge in [0.2, 0.25) is 0 Å². The Morgan fingerprint density at radius 1 is 1.13 bits per heavy atom. The van der Waals surface area contributed by atoms with E-state index in [4.69, 9.17) is 23.2 Å². The first kappa shape index (κ1) is 12.8. The first-order valence-corrected chi connectivity index (χ1v) is 5.78. The van der Waals surface area contributed by atoms with Gasteiger partial charge in [-0.25, -0.2) is 0 Å². The van der Waals surface area contributed by atoms with Crippen molar-refractivity contribution >= 4 is 23.2 Å². The second-order valence-electron chi connectivity index (χ2n) is 4.79. The number of halogens is 2. The molecule has 84 valence electrons. The van der Waals surface area contributed by atoms with Gasteiger partial charge in [-0.1, -0.05) is 29.3 Å². The smallest absolute Gasteiger partial charge is 0.0595 e. The fourth-order valence-electron chi connectivity index (χ4n) is 1.51. The molecule has 1 aromatic rings. The van der Waals surface area contributed by atoms with Gasteiger partial charge in [-0.05, 0) is 45.4 Å². The molecule has 0 saturated heterocycles. The van der Waals surface area contributed by atoms with Gasteiger partial charge in [-0.15, -0.1) is 0 Å². The van der Waals surface area contributed by atoms with Crippen LogP contribution in [-0.2, 0) is 0 Å². The highest BCUT2D eigenvalue weighted by Crippen LogP contribution is 2.26. The Morgan fingerprint density at radius 3 is 2.20 bits per heavy atom. The molecule has 0 aliphatic heterocycles. The molecule has 0 aliphatic rings. The molecule has 0 spiro atoms. The van der Waals surface area contributed by atoms with Gasteiger partial charge in [0, 0.05) is 11.6 Å². The largest absolute Gasteiger partial charge is 0.306 e. The Morgan fingerprint density at radius 2 is 1.73 bits per heavy atom. The molecule has 1 nitrogen and oxygen atoms in total. The second kappa shape index (κ2) is 4.73. The van der Waals surface area contributed by atoms with Gasteiger partial charge in [-0.2, -0.15) is 0 Å². The summed E-state index contributed by atoms with van der Waals surface area (Å²) in [4.78, 5) is 0. The zero-order valence-corrected chi connectivity index (χ0v) is 11.1. The van der Waals surface area contributed by atoms with Gasteiger partial charge in [0.05, 0.1) is 10.0 Å². The molecule has 1 rings (SSSR count). The van der Waals surface area contributed by atoms with Crippen LogP contribution in [0.25, 0.3) is 0 Å². The van der Waals surface area contributed by atoms with Gasteiger partial charge in [0.25, 0.3) is 0 Å². The summed E-state index contributed by atoms with van der Waals surface area (Å²) in [5, 5.41) is 4.69. The lowest BCUT2D eigenvalue weighted by Crippen LogP contribution is -2.37. The lowest BCUT2D eigenvalue weighted by molar-refractivity contribution is 0.378. The lowest BCUT2D eigenvalue weighted by atomic mass is 10.0. The predicted octanol–water partition coefficient (Wildman–Crippen LogP) is 4.44. The normalized spacial score (nSPS) is 14.0. The minimum atomic E-state index is 0.0888. The minimum Gasteiger partial charge on any atom is -0.306 e. The van der Waals surface area contributed by atoms with Crippen LogP contribution in [0.3, 0.4) is 0 Å². The van der Waals surface area contributed by atoms with E-state index in [-0.39, 0.29) is 11.6 Å². The molecule has 0 aliphatic carbocycles. The summed E-state index contributed by atoms with van der Waals surface area (Å²) in [6.45, 7) is 8.54. The van der Waals surface area contributed by atoms with Gasteiger partial charge in [0.1, 0.15) is 0 Å². The van der Waals surface area contributed by atoms with Crippen LogP contribution in [-0.4, -0.2) is 5.54 Å². The van der Waals surface area contributed by atoms with Crippen LogP contribution in [0.2, 0.25) is 10.0 Å². The summed E-state index contributed by atoms with van der Waals surface area (Å²) >= 11 is 11.8. The van der Waals surface area contributed by atoms with Gasteiger partial charge in [-0.3, -0.25) is 0 Å². The summed E-state index contributed by atoms with van der Waals surface area (Å²) in [7, 11) is 0. The Balaban J connectivity index is 2.83. The van der Waals surface area contributed by atoms with E-state index in [9.17, 15) is 0 Å². The zero-order chi connectivity index (χ0) is 11.6. The van der Waals surface area contributed by atoms with Crippen molar-refractivity contribution in [1.82, 2.24) is 5.32 Å². The third kappa shape index (κ3) is 4.02. The third-order valence-electron chi connectivity index (χ3n) is 2.09. The first-order chi connectivity index (χ1) is 6.79. The van der Waals surface area contributed by atoms with Crippen LogP contribution in [0, 0.1) is 0 Å². The van der Waals surface area contributed by atoms with Gasteiger partial charge >= 0.3 is 0 Å². The highest BCUT2D eigenvalue weighted by Gasteiger charge is 2.15. The van der Waals surface area contributed by atoms with E-state index in [1.165, 1.54) is 0 Å². The fourth-order valence-corrected chi connectivity index (χ4v) is 1.82. The number of benzene rings is 1. The second-order valence-corrected chi connectivity index (χ2v) is 5.60. The Bertz CT molecular complexity index is 342. The number of hydrogen-bond donors (Lipinski definition) is 1. The maximum atomic E-state index is 5.97. The molecule has 0 amide bonds. The lowest BCUT2D eigenvalue weighted by Gasteiger charge is -2.26. The van der Waals surface area contributed by atoms with Crippen LogP contribution in [0.1, 0.15) is 39.3 Å². The molecule has 3 heteroatoms. The molecule has 0 saturated carbocycles. The summed E-state index contributed by atoms with van der Waals surface area (Å²) in [5.74, 6) is 0. The van der Waals surface area contributed by atoms with Crippen molar-refractivity contribution in [3.63, 3.8) is 0 Å². The van der Waals surface area contributed by atoms with Crippen LogP contribution >= 0.6 is 23.2 Å². The molecular weight excluding hydrogens is 229 g/mol. The van der Waals surface area contributed by atoms with Gasteiger partial charge in [0.15, 0.2) is 0 Å². The number of hydrogen-bond acceptors (Lipinski definition) is 1. The molecule has 1 atom stereocenters. The summed E-state index contributed by atoms with van der Waals surface area (Å²) in [6, 6.07) is 6.00. The first-order valence-electron chi connectivity index (χ1n) is 5.02. The minimum absolute atomic E-state index is 0.0888. The maximum absolute atomic E-state index is 5.97. The molecule has 0 heterocycles. The zero-order valence-electron chi connectivity index (χ0n) is 9.57. The molecule has 0 radical (unpaired) electrons. The maximum Gasteiger partial charge on any atom is 0.0595 e. The Hall–Kier alpha value is -0.240. The quantitative estimate of drug-likeness (QED) is 0.813. The average molecular weight is 246 g/mol. The van der Waals surface area contributed by atoms with Gasteiger partial charge < -0.3 is 5.32 Å². The van der Waals surface area contributed by atoms with Crippen molar-refractivity contribution in [2.45, 2.75) is 39.3 Å². The molecule has 0 aromatic heterocycles. The van der Waals surface area contributed by atoms with E-state index in [1.807, 2.05) is 18.2 Å². The highest BCUT2D eigenvalue weighted by atomic mass is 35.5. The molecular formula is C12H17Cl2N. The SMILES string of the molecule is C[C@H](NC(C)(C)C)c1ccc(Cl)c(Cl)c1. The molecule has 0 fully saturated rings. The van der Waals surface area contributed by atoms with Crippen LogP contribution in [0.4, 0.5) is 0 Å². The average Bonchev–Trinajstić information content (AvgIpc) is 2.06. The van der Waals surface area contributed by atoms with Crippen molar-refractivity contribution in [2.24, 2.45) is 0 Å². The van der Waals surface area contributed by atoms with Crippen molar-refractivity contribution in [3.05, 3.63) is 33.8 Å². The molecule has 0 unspecified atom stereocenters. The predicted molar refractivity (Wildman–Crippen MR) is 67.8 cm³/mol. The van der Waals surface area contributed by atoms with E-state index < -0.39 is 0 Å². The van der Waals surface area contributed by atoms with Crippen molar-refractivity contribution < 1.29 is 0 Å². The van der Waals surface area contributed by atoms with Crippen LogP contribution < -0.4 is 5.32 Å². The Kier molecular flexibility index (Phi) is 4.05. The molecule has 1 aromatic carbocycles. The molecule has 15 heavy (non-hydrogen) atoms. The van der Waals surface area contributed by atoms with Crippen molar-refractivity contribution in [3.8, 4) is 0 Å². The van der Waals surface area contributed by atoms with E-state index in [0.717, 1.165) is 5.56 Å². The van der Waals surface area contributed by atoms with E-state index in [1.54, 1.807) is 0 Å².